The fraction of sp³-hybridized carbons (Fsp3) is 0.786. The van der Waals surface area contributed by atoms with Gasteiger partial charge in [0.15, 0.2) is 0 Å². The molecular weight excluding hydrogens is 214 g/mol. The Morgan fingerprint density at radius 3 is 2.53 bits per heavy atom. The summed E-state index contributed by atoms with van der Waals surface area (Å²) in [5.41, 5.74) is 0.899. The summed E-state index contributed by atoms with van der Waals surface area (Å²) >= 11 is 0. The number of aryl methyl sites for hydroxylation is 1. The maximum atomic E-state index is 5.71. The second-order valence-corrected chi connectivity index (χ2v) is 5.48. The molecule has 0 amide bonds. The van der Waals surface area contributed by atoms with Crippen molar-refractivity contribution in [2.75, 3.05) is 0 Å². The van der Waals surface area contributed by atoms with E-state index in [9.17, 15) is 0 Å². The van der Waals surface area contributed by atoms with Gasteiger partial charge in [-0.15, -0.1) is 0 Å². The molecule has 0 spiro atoms. The third-order valence-electron chi connectivity index (χ3n) is 3.01. The molecule has 98 valence electrons. The average Bonchev–Trinajstić information content (AvgIpc) is 2.70. The summed E-state index contributed by atoms with van der Waals surface area (Å²) in [7, 11) is 0. The van der Waals surface area contributed by atoms with E-state index in [1.54, 1.807) is 0 Å². The maximum Gasteiger partial charge on any atom is 0.137 e. The van der Waals surface area contributed by atoms with Gasteiger partial charge in [0.25, 0.3) is 0 Å². The summed E-state index contributed by atoms with van der Waals surface area (Å²) < 4.78 is 11.0. The maximum absolute atomic E-state index is 5.71. The molecule has 1 aromatic heterocycles. The van der Waals surface area contributed by atoms with Gasteiger partial charge in [0.05, 0.1) is 12.7 Å². The van der Waals surface area contributed by atoms with Crippen LogP contribution in [0.4, 0.5) is 0 Å². The Bertz CT molecular complexity index is 318. The molecular formula is C14H25NO2. The molecule has 1 unspecified atom stereocenters. The fourth-order valence-electron chi connectivity index (χ4n) is 1.38. The van der Waals surface area contributed by atoms with Crippen LogP contribution in [0.2, 0.25) is 0 Å². The predicted molar refractivity (Wildman–Crippen MR) is 68.8 cm³/mol. The Kier molecular flexibility index (Phi) is 5.69. The number of hydrogen-bond donors (Lipinski definition) is 0. The van der Waals surface area contributed by atoms with Crippen molar-refractivity contribution in [1.82, 2.24) is 5.16 Å². The first-order valence-electron chi connectivity index (χ1n) is 6.55. The van der Waals surface area contributed by atoms with E-state index < -0.39 is 0 Å². The quantitative estimate of drug-likeness (QED) is 0.725. The highest BCUT2D eigenvalue weighted by Gasteiger charge is 2.10. The van der Waals surface area contributed by atoms with Gasteiger partial charge in [0.2, 0.25) is 0 Å². The lowest BCUT2D eigenvalue weighted by Crippen LogP contribution is -2.15. The highest BCUT2D eigenvalue weighted by atomic mass is 16.5. The Morgan fingerprint density at radius 1 is 1.24 bits per heavy atom. The molecule has 0 aromatic carbocycles. The van der Waals surface area contributed by atoms with Crippen LogP contribution in [0.5, 0.6) is 0 Å². The van der Waals surface area contributed by atoms with Crippen LogP contribution in [0, 0.1) is 11.8 Å². The highest BCUT2D eigenvalue weighted by Crippen LogP contribution is 2.13. The van der Waals surface area contributed by atoms with Crippen LogP contribution in [-0.4, -0.2) is 11.3 Å². The van der Waals surface area contributed by atoms with Gasteiger partial charge in [-0.1, -0.05) is 32.9 Å². The third kappa shape index (κ3) is 5.35. The summed E-state index contributed by atoms with van der Waals surface area (Å²) in [4.78, 5) is 0. The first kappa shape index (κ1) is 14.2. The fourth-order valence-corrected chi connectivity index (χ4v) is 1.38. The van der Waals surface area contributed by atoms with Gasteiger partial charge in [-0.25, -0.2) is 0 Å². The van der Waals surface area contributed by atoms with Crippen molar-refractivity contribution in [2.24, 2.45) is 11.8 Å². The van der Waals surface area contributed by atoms with Crippen LogP contribution in [0.25, 0.3) is 0 Å². The Labute approximate surface area is 105 Å². The largest absolute Gasteiger partial charge is 0.372 e. The van der Waals surface area contributed by atoms with Gasteiger partial charge in [-0.05, 0) is 25.2 Å². The monoisotopic (exact) mass is 239 g/mol. The molecule has 1 atom stereocenters. The zero-order chi connectivity index (χ0) is 12.8. The first-order valence-corrected chi connectivity index (χ1v) is 6.55. The molecule has 0 aliphatic rings. The molecule has 17 heavy (non-hydrogen) atoms. The second-order valence-electron chi connectivity index (χ2n) is 5.48. The molecule has 0 aliphatic carbocycles. The first-order chi connectivity index (χ1) is 7.99. The number of aromatic nitrogens is 1. The minimum absolute atomic E-state index is 0.255. The van der Waals surface area contributed by atoms with Crippen molar-refractivity contribution >= 4 is 0 Å². The zero-order valence-corrected chi connectivity index (χ0v) is 11.7. The molecule has 0 aliphatic heterocycles. The summed E-state index contributed by atoms with van der Waals surface area (Å²) in [5, 5.41) is 4.03. The molecule has 0 radical (unpaired) electrons. The molecule has 0 bridgehead atoms. The molecule has 0 saturated heterocycles. The summed E-state index contributed by atoms with van der Waals surface area (Å²) in [5.74, 6) is 2.19. The molecule has 1 aromatic rings. The van der Waals surface area contributed by atoms with Gasteiger partial charge < -0.3 is 9.26 Å². The topological polar surface area (TPSA) is 35.3 Å². The van der Waals surface area contributed by atoms with Crippen molar-refractivity contribution in [3.8, 4) is 0 Å². The summed E-state index contributed by atoms with van der Waals surface area (Å²) in [6.07, 6.45) is 2.35. The van der Waals surface area contributed by atoms with Crippen molar-refractivity contribution in [3.05, 3.63) is 17.5 Å². The van der Waals surface area contributed by atoms with E-state index in [0.717, 1.165) is 24.3 Å². The highest BCUT2D eigenvalue weighted by molar-refractivity contribution is 5.04. The van der Waals surface area contributed by atoms with Crippen LogP contribution in [0.1, 0.15) is 52.5 Å². The van der Waals surface area contributed by atoms with Crippen LogP contribution >= 0.6 is 0 Å². The minimum atomic E-state index is 0.255. The molecule has 3 nitrogen and oxygen atoms in total. The molecule has 1 heterocycles. The molecule has 1 rings (SSSR count). The predicted octanol–water partition coefficient (Wildman–Crippen LogP) is 3.82. The summed E-state index contributed by atoms with van der Waals surface area (Å²) in [6.45, 7) is 11.4. The third-order valence-corrected chi connectivity index (χ3v) is 3.01. The molecule has 0 N–H and O–H groups in total. The van der Waals surface area contributed by atoms with E-state index >= 15 is 0 Å². The SMILES string of the molecule is CC(C)CCc1cc(COC(C)C(C)C)no1. The number of hydrogen-bond acceptors (Lipinski definition) is 3. The van der Waals surface area contributed by atoms with Crippen molar-refractivity contribution in [2.45, 2.75) is 60.2 Å². The molecule has 0 fully saturated rings. The lowest BCUT2D eigenvalue weighted by molar-refractivity contribution is 0.0206. The van der Waals surface area contributed by atoms with E-state index in [0.29, 0.717) is 18.4 Å². The standard InChI is InChI=1S/C14H25NO2/c1-10(2)6-7-14-8-13(15-17-14)9-16-12(5)11(3)4/h8,10-12H,6-7,9H2,1-5H3. The van der Waals surface area contributed by atoms with Crippen molar-refractivity contribution in [3.63, 3.8) is 0 Å². The smallest absolute Gasteiger partial charge is 0.137 e. The van der Waals surface area contributed by atoms with Gasteiger partial charge in [0.1, 0.15) is 11.5 Å². The number of ether oxygens (including phenoxy) is 1. The van der Waals surface area contributed by atoms with Gasteiger partial charge in [-0.2, -0.15) is 0 Å². The van der Waals surface area contributed by atoms with Crippen LogP contribution in [-0.2, 0) is 17.8 Å². The second kappa shape index (κ2) is 6.80. The van der Waals surface area contributed by atoms with Crippen LogP contribution < -0.4 is 0 Å². The van der Waals surface area contributed by atoms with E-state index in [1.165, 1.54) is 0 Å². The molecule has 3 heteroatoms. The number of rotatable bonds is 7. The summed E-state index contributed by atoms with van der Waals surface area (Å²) in [6, 6.07) is 2.01. The zero-order valence-electron chi connectivity index (χ0n) is 11.7. The van der Waals surface area contributed by atoms with Crippen molar-refractivity contribution < 1.29 is 9.26 Å². The average molecular weight is 239 g/mol. The minimum Gasteiger partial charge on any atom is -0.372 e. The Balaban J connectivity index is 2.35. The lowest BCUT2D eigenvalue weighted by Gasteiger charge is -2.15. The van der Waals surface area contributed by atoms with Gasteiger partial charge >= 0.3 is 0 Å². The molecule has 0 saturated carbocycles. The number of nitrogens with zero attached hydrogens (tertiary/aromatic N) is 1. The Morgan fingerprint density at radius 2 is 1.94 bits per heavy atom. The van der Waals surface area contributed by atoms with Crippen LogP contribution in [0.15, 0.2) is 10.6 Å². The normalized spacial score (nSPS) is 13.6. The van der Waals surface area contributed by atoms with E-state index in [2.05, 4.69) is 39.8 Å². The van der Waals surface area contributed by atoms with E-state index in [1.807, 2.05) is 6.07 Å². The van der Waals surface area contributed by atoms with Gasteiger partial charge in [-0.3, -0.25) is 0 Å². The van der Waals surface area contributed by atoms with Gasteiger partial charge in [0, 0.05) is 12.5 Å². The van der Waals surface area contributed by atoms with E-state index in [4.69, 9.17) is 9.26 Å². The van der Waals surface area contributed by atoms with Crippen molar-refractivity contribution in [1.29, 1.82) is 0 Å². The van der Waals surface area contributed by atoms with E-state index in [-0.39, 0.29) is 6.10 Å². The van der Waals surface area contributed by atoms with Crippen LogP contribution in [0.3, 0.4) is 0 Å². The lowest BCUT2D eigenvalue weighted by atomic mass is 10.1. The Hall–Kier alpha value is -0.830.